The van der Waals surface area contributed by atoms with Crippen molar-refractivity contribution in [1.82, 2.24) is 9.88 Å². The Balaban J connectivity index is 2.81. The molecular formula is C10H13ClN2O3. The summed E-state index contributed by atoms with van der Waals surface area (Å²) in [6.45, 7) is -0.000214. The van der Waals surface area contributed by atoms with Crippen molar-refractivity contribution in [3.8, 4) is 0 Å². The lowest BCUT2D eigenvalue weighted by atomic mass is 10.3. The predicted molar refractivity (Wildman–Crippen MR) is 59.3 cm³/mol. The van der Waals surface area contributed by atoms with Gasteiger partial charge in [-0.15, -0.1) is 0 Å². The van der Waals surface area contributed by atoms with Gasteiger partial charge in [-0.3, -0.25) is 9.78 Å². The molecule has 0 spiro atoms. The van der Waals surface area contributed by atoms with Crippen LogP contribution in [0.5, 0.6) is 0 Å². The van der Waals surface area contributed by atoms with Crippen molar-refractivity contribution >= 4 is 17.5 Å². The highest BCUT2D eigenvalue weighted by atomic mass is 35.5. The van der Waals surface area contributed by atoms with E-state index >= 15 is 0 Å². The second-order valence-corrected chi connectivity index (χ2v) is 3.54. The lowest BCUT2D eigenvalue weighted by Gasteiger charge is -2.19. The topological polar surface area (TPSA) is 73.7 Å². The van der Waals surface area contributed by atoms with Crippen LogP contribution in [0.2, 0.25) is 5.02 Å². The van der Waals surface area contributed by atoms with E-state index in [4.69, 9.17) is 21.8 Å². The first kappa shape index (κ1) is 12.9. The van der Waals surface area contributed by atoms with Gasteiger partial charge in [-0.05, 0) is 12.1 Å². The molecule has 88 valence electrons. The maximum Gasteiger partial charge on any atom is 0.272 e. The van der Waals surface area contributed by atoms with Crippen LogP contribution in [0.25, 0.3) is 0 Å². The van der Waals surface area contributed by atoms with Crippen LogP contribution >= 0.6 is 11.6 Å². The van der Waals surface area contributed by atoms with Crippen LogP contribution in [0.4, 0.5) is 0 Å². The standard InChI is InChI=1S/C10H13ClN2O3/c11-8-1-2-12-9(7-8)10(16)13(3-5-14)4-6-15/h1-2,7,14-15H,3-6H2. The number of halogens is 1. The minimum atomic E-state index is -0.356. The number of carbonyl (C=O) groups excluding carboxylic acids is 1. The monoisotopic (exact) mass is 244 g/mol. The number of carbonyl (C=O) groups is 1. The van der Waals surface area contributed by atoms with Gasteiger partial charge in [0, 0.05) is 24.3 Å². The zero-order valence-corrected chi connectivity index (χ0v) is 9.39. The molecule has 0 fully saturated rings. The molecule has 2 N–H and O–H groups in total. The summed E-state index contributed by atoms with van der Waals surface area (Å²) < 4.78 is 0. The van der Waals surface area contributed by atoms with E-state index in [1.807, 2.05) is 0 Å². The Labute approximate surface area is 98.3 Å². The summed E-state index contributed by atoms with van der Waals surface area (Å²) in [4.78, 5) is 17.1. The average Bonchev–Trinajstić information content (AvgIpc) is 2.28. The highest BCUT2D eigenvalue weighted by Crippen LogP contribution is 2.09. The summed E-state index contributed by atoms with van der Waals surface area (Å²) in [7, 11) is 0. The average molecular weight is 245 g/mol. The van der Waals surface area contributed by atoms with Crippen molar-refractivity contribution in [3.63, 3.8) is 0 Å². The number of rotatable bonds is 5. The molecule has 0 atom stereocenters. The van der Waals surface area contributed by atoms with E-state index in [9.17, 15) is 4.79 Å². The second-order valence-electron chi connectivity index (χ2n) is 3.10. The smallest absolute Gasteiger partial charge is 0.272 e. The Morgan fingerprint density at radius 1 is 1.38 bits per heavy atom. The summed E-state index contributed by atoms with van der Waals surface area (Å²) >= 11 is 5.74. The van der Waals surface area contributed by atoms with Crippen LogP contribution in [0, 0.1) is 0 Å². The van der Waals surface area contributed by atoms with Crippen LogP contribution in [-0.4, -0.2) is 52.3 Å². The summed E-state index contributed by atoms with van der Waals surface area (Å²) in [6.07, 6.45) is 1.44. The van der Waals surface area contributed by atoms with Gasteiger partial charge in [0.05, 0.1) is 13.2 Å². The first-order valence-electron chi connectivity index (χ1n) is 4.81. The van der Waals surface area contributed by atoms with Gasteiger partial charge in [-0.2, -0.15) is 0 Å². The lowest BCUT2D eigenvalue weighted by Crippen LogP contribution is -2.36. The molecule has 0 unspecified atom stereocenters. The summed E-state index contributed by atoms with van der Waals surface area (Å²) in [5.74, 6) is -0.356. The van der Waals surface area contributed by atoms with E-state index in [1.165, 1.54) is 17.2 Å². The van der Waals surface area contributed by atoms with E-state index in [1.54, 1.807) is 6.07 Å². The zero-order chi connectivity index (χ0) is 12.0. The van der Waals surface area contributed by atoms with E-state index < -0.39 is 0 Å². The van der Waals surface area contributed by atoms with Crippen molar-refractivity contribution in [2.45, 2.75) is 0 Å². The number of aliphatic hydroxyl groups excluding tert-OH is 2. The number of amides is 1. The second kappa shape index (κ2) is 6.42. The summed E-state index contributed by atoms with van der Waals surface area (Å²) in [5.41, 5.74) is 0.203. The summed E-state index contributed by atoms with van der Waals surface area (Å²) in [6, 6.07) is 3.02. The maximum absolute atomic E-state index is 11.9. The Hall–Kier alpha value is -1.17. The molecule has 1 amide bonds. The van der Waals surface area contributed by atoms with Gasteiger partial charge in [0.25, 0.3) is 5.91 Å². The Morgan fingerprint density at radius 3 is 2.50 bits per heavy atom. The zero-order valence-electron chi connectivity index (χ0n) is 8.64. The number of aliphatic hydroxyl groups is 2. The third-order valence-corrected chi connectivity index (χ3v) is 2.20. The SMILES string of the molecule is O=C(c1cc(Cl)ccn1)N(CCO)CCO. The first-order chi connectivity index (χ1) is 7.69. The lowest BCUT2D eigenvalue weighted by molar-refractivity contribution is 0.0679. The Kier molecular flexibility index (Phi) is 5.18. The predicted octanol–water partition coefficient (Wildman–Crippen LogP) is 0.162. The van der Waals surface area contributed by atoms with Crippen LogP contribution in [-0.2, 0) is 0 Å². The fraction of sp³-hybridized carbons (Fsp3) is 0.400. The number of hydrogen-bond donors (Lipinski definition) is 2. The third-order valence-electron chi connectivity index (χ3n) is 1.97. The third kappa shape index (κ3) is 3.44. The molecule has 1 aromatic heterocycles. The molecule has 1 rings (SSSR count). The number of nitrogens with zero attached hydrogens (tertiary/aromatic N) is 2. The van der Waals surface area contributed by atoms with Crippen LogP contribution in [0.1, 0.15) is 10.5 Å². The van der Waals surface area contributed by atoms with Crippen LogP contribution < -0.4 is 0 Å². The van der Waals surface area contributed by atoms with Gasteiger partial charge in [-0.1, -0.05) is 11.6 Å². The molecule has 0 aliphatic carbocycles. The van der Waals surface area contributed by atoms with E-state index in [0.29, 0.717) is 5.02 Å². The van der Waals surface area contributed by atoms with E-state index in [2.05, 4.69) is 4.98 Å². The molecule has 16 heavy (non-hydrogen) atoms. The van der Waals surface area contributed by atoms with Gasteiger partial charge in [0.1, 0.15) is 5.69 Å². The van der Waals surface area contributed by atoms with Crippen molar-refractivity contribution in [1.29, 1.82) is 0 Å². The van der Waals surface area contributed by atoms with Gasteiger partial charge < -0.3 is 15.1 Å². The highest BCUT2D eigenvalue weighted by Gasteiger charge is 2.16. The van der Waals surface area contributed by atoms with Gasteiger partial charge in [0.15, 0.2) is 0 Å². The van der Waals surface area contributed by atoms with Gasteiger partial charge >= 0.3 is 0 Å². The molecule has 0 aliphatic rings. The van der Waals surface area contributed by atoms with Crippen LogP contribution in [0.3, 0.4) is 0 Å². The van der Waals surface area contributed by atoms with Crippen LogP contribution in [0.15, 0.2) is 18.3 Å². The Bertz CT molecular complexity index is 354. The fourth-order valence-corrected chi connectivity index (χ4v) is 1.40. The molecule has 0 radical (unpaired) electrons. The number of aromatic nitrogens is 1. The van der Waals surface area contributed by atoms with Crippen molar-refractivity contribution in [2.75, 3.05) is 26.3 Å². The first-order valence-corrected chi connectivity index (χ1v) is 5.19. The van der Waals surface area contributed by atoms with Crippen molar-refractivity contribution < 1.29 is 15.0 Å². The highest BCUT2D eigenvalue weighted by molar-refractivity contribution is 6.30. The number of pyridine rings is 1. The van der Waals surface area contributed by atoms with Gasteiger partial charge in [-0.25, -0.2) is 0 Å². The van der Waals surface area contributed by atoms with E-state index in [-0.39, 0.29) is 37.9 Å². The van der Waals surface area contributed by atoms with Crippen molar-refractivity contribution in [2.24, 2.45) is 0 Å². The largest absolute Gasteiger partial charge is 0.395 e. The van der Waals surface area contributed by atoms with Crippen molar-refractivity contribution in [3.05, 3.63) is 29.0 Å². The quantitative estimate of drug-likeness (QED) is 0.774. The molecular weight excluding hydrogens is 232 g/mol. The minimum Gasteiger partial charge on any atom is -0.395 e. The molecule has 0 saturated heterocycles. The molecule has 5 nitrogen and oxygen atoms in total. The molecule has 0 bridgehead atoms. The Morgan fingerprint density at radius 2 is 2.00 bits per heavy atom. The number of hydrogen-bond acceptors (Lipinski definition) is 4. The molecule has 0 saturated carbocycles. The molecule has 0 aromatic carbocycles. The molecule has 0 aliphatic heterocycles. The normalized spacial score (nSPS) is 10.2. The molecule has 1 heterocycles. The summed E-state index contributed by atoms with van der Waals surface area (Å²) in [5, 5.41) is 18.0. The maximum atomic E-state index is 11.9. The fourth-order valence-electron chi connectivity index (χ4n) is 1.24. The van der Waals surface area contributed by atoms with Gasteiger partial charge in [0.2, 0.25) is 0 Å². The molecule has 1 aromatic rings. The van der Waals surface area contributed by atoms with E-state index in [0.717, 1.165) is 0 Å². The minimum absolute atomic E-state index is 0.160. The molecule has 6 heteroatoms.